The summed E-state index contributed by atoms with van der Waals surface area (Å²) in [5.74, 6) is 0.833. The average Bonchev–Trinajstić information content (AvgIpc) is 2.23. The van der Waals surface area contributed by atoms with Gasteiger partial charge in [-0.15, -0.1) is 0 Å². The predicted molar refractivity (Wildman–Crippen MR) is 65.4 cm³/mol. The van der Waals surface area contributed by atoms with Gasteiger partial charge in [0.2, 0.25) is 0 Å². The van der Waals surface area contributed by atoms with Crippen molar-refractivity contribution in [2.45, 2.75) is 13.3 Å². The van der Waals surface area contributed by atoms with E-state index < -0.39 is 0 Å². The van der Waals surface area contributed by atoms with E-state index in [0.29, 0.717) is 0 Å². The lowest BCUT2D eigenvalue weighted by Crippen LogP contribution is -2.47. The van der Waals surface area contributed by atoms with Crippen molar-refractivity contribution in [1.82, 2.24) is 5.32 Å². The van der Waals surface area contributed by atoms with Crippen molar-refractivity contribution in [1.29, 1.82) is 0 Å². The first-order chi connectivity index (χ1) is 7.31. The number of rotatable bonds is 4. The van der Waals surface area contributed by atoms with Gasteiger partial charge in [0.25, 0.3) is 0 Å². The van der Waals surface area contributed by atoms with Crippen LogP contribution in [0.15, 0.2) is 24.3 Å². The number of nitrogens with zero attached hydrogens (tertiary/aromatic N) is 1. The van der Waals surface area contributed by atoms with E-state index in [2.05, 4.69) is 48.5 Å². The van der Waals surface area contributed by atoms with Crippen LogP contribution in [0.2, 0.25) is 0 Å². The minimum atomic E-state index is 0.833. The smallest absolute Gasteiger partial charge is 0.0396 e. The fourth-order valence-electron chi connectivity index (χ4n) is 2.15. The molecule has 15 heavy (non-hydrogen) atoms. The number of benzene rings is 1. The van der Waals surface area contributed by atoms with E-state index in [9.17, 15) is 0 Å². The highest BCUT2D eigenvalue weighted by molar-refractivity contribution is 5.53. The second-order valence-electron chi connectivity index (χ2n) is 4.39. The maximum Gasteiger partial charge on any atom is 0.0396 e. The summed E-state index contributed by atoms with van der Waals surface area (Å²) in [6.45, 7) is 5.75. The van der Waals surface area contributed by atoms with Gasteiger partial charge in [-0.2, -0.15) is 0 Å². The van der Waals surface area contributed by atoms with Crippen LogP contribution in [-0.2, 0) is 6.42 Å². The summed E-state index contributed by atoms with van der Waals surface area (Å²) < 4.78 is 0. The van der Waals surface area contributed by atoms with Crippen LogP contribution in [0, 0.1) is 5.92 Å². The molecule has 0 bridgehead atoms. The number of para-hydroxylation sites is 1. The van der Waals surface area contributed by atoms with Crippen molar-refractivity contribution in [3.63, 3.8) is 0 Å². The molecule has 0 aromatic heterocycles. The van der Waals surface area contributed by atoms with Gasteiger partial charge < -0.3 is 10.2 Å². The maximum atomic E-state index is 3.32. The number of anilines is 1. The Hall–Kier alpha value is -1.02. The van der Waals surface area contributed by atoms with Crippen LogP contribution in [0.1, 0.15) is 12.5 Å². The highest BCUT2D eigenvalue weighted by atomic mass is 15.1. The van der Waals surface area contributed by atoms with Gasteiger partial charge in [-0.1, -0.05) is 25.1 Å². The van der Waals surface area contributed by atoms with Gasteiger partial charge in [-0.25, -0.2) is 0 Å². The van der Waals surface area contributed by atoms with Crippen molar-refractivity contribution >= 4 is 5.69 Å². The van der Waals surface area contributed by atoms with Gasteiger partial charge in [-0.3, -0.25) is 0 Å². The molecule has 1 heterocycles. The van der Waals surface area contributed by atoms with Crippen molar-refractivity contribution in [2.24, 2.45) is 5.92 Å². The van der Waals surface area contributed by atoms with E-state index in [4.69, 9.17) is 0 Å². The third-order valence-electron chi connectivity index (χ3n) is 3.18. The molecule has 0 aliphatic carbocycles. The number of aryl methyl sites for hydroxylation is 1. The molecule has 0 radical (unpaired) electrons. The molecule has 82 valence electrons. The van der Waals surface area contributed by atoms with E-state index >= 15 is 0 Å². The maximum absolute atomic E-state index is 3.32. The Kier molecular flexibility index (Phi) is 3.27. The van der Waals surface area contributed by atoms with E-state index in [1.807, 2.05) is 0 Å². The van der Waals surface area contributed by atoms with Crippen LogP contribution < -0.4 is 10.2 Å². The fourth-order valence-corrected chi connectivity index (χ4v) is 2.15. The zero-order valence-corrected chi connectivity index (χ0v) is 9.66. The van der Waals surface area contributed by atoms with Gasteiger partial charge in [0.1, 0.15) is 0 Å². The molecule has 1 N–H and O–H groups in total. The number of hydrogen-bond donors (Lipinski definition) is 1. The van der Waals surface area contributed by atoms with Crippen LogP contribution in [0.25, 0.3) is 0 Å². The lowest BCUT2D eigenvalue weighted by molar-refractivity contribution is 0.353. The van der Waals surface area contributed by atoms with Crippen LogP contribution in [-0.4, -0.2) is 26.7 Å². The lowest BCUT2D eigenvalue weighted by atomic mass is 10.0. The minimum Gasteiger partial charge on any atom is -0.374 e. The minimum absolute atomic E-state index is 0.833. The Bertz CT molecular complexity index is 318. The summed E-state index contributed by atoms with van der Waals surface area (Å²) in [7, 11) is 2.20. The van der Waals surface area contributed by atoms with Gasteiger partial charge in [-0.05, 0) is 18.1 Å². The molecule has 1 aromatic rings. The molecule has 1 fully saturated rings. The molecule has 1 aliphatic rings. The highest BCUT2D eigenvalue weighted by Crippen LogP contribution is 2.21. The van der Waals surface area contributed by atoms with Crippen molar-refractivity contribution in [2.75, 3.05) is 31.6 Å². The van der Waals surface area contributed by atoms with Gasteiger partial charge in [0, 0.05) is 38.3 Å². The number of nitrogens with one attached hydrogen (secondary N) is 1. The SMILES string of the molecule is CCc1ccccc1N(C)CC1CNC1. The first-order valence-electron chi connectivity index (χ1n) is 5.81. The van der Waals surface area contributed by atoms with Gasteiger partial charge in [0.05, 0.1) is 0 Å². The Morgan fingerprint density at radius 2 is 2.07 bits per heavy atom. The van der Waals surface area contributed by atoms with Crippen LogP contribution in [0.5, 0.6) is 0 Å². The normalized spacial score (nSPS) is 16.1. The molecule has 2 nitrogen and oxygen atoms in total. The first kappa shape index (κ1) is 10.5. The van der Waals surface area contributed by atoms with E-state index in [1.54, 1.807) is 0 Å². The molecule has 0 amide bonds. The van der Waals surface area contributed by atoms with Crippen molar-refractivity contribution in [3.05, 3.63) is 29.8 Å². The molecule has 2 heteroatoms. The number of hydrogen-bond acceptors (Lipinski definition) is 2. The van der Waals surface area contributed by atoms with E-state index in [-0.39, 0.29) is 0 Å². The summed E-state index contributed by atoms with van der Waals surface area (Å²) in [5.41, 5.74) is 2.85. The summed E-state index contributed by atoms with van der Waals surface area (Å²) in [6, 6.07) is 8.71. The Morgan fingerprint density at radius 3 is 2.67 bits per heavy atom. The quantitative estimate of drug-likeness (QED) is 0.806. The third kappa shape index (κ3) is 2.32. The van der Waals surface area contributed by atoms with Crippen molar-refractivity contribution in [3.8, 4) is 0 Å². The molecule has 1 aromatic carbocycles. The Morgan fingerprint density at radius 1 is 1.33 bits per heavy atom. The van der Waals surface area contributed by atoms with Crippen molar-refractivity contribution < 1.29 is 0 Å². The second kappa shape index (κ2) is 4.67. The monoisotopic (exact) mass is 204 g/mol. The first-order valence-corrected chi connectivity index (χ1v) is 5.81. The summed E-state index contributed by atoms with van der Waals surface area (Å²) in [4.78, 5) is 2.39. The highest BCUT2D eigenvalue weighted by Gasteiger charge is 2.19. The summed E-state index contributed by atoms with van der Waals surface area (Å²) in [6.07, 6.45) is 1.11. The summed E-state index contributed by atoms with van der Waals surface area (Å²) in [5, 5.41) is 3.32. The van der Waals surface area contributed by atoms with Crippen LogP contribution in [0.4, 0.5) is 5.69 Å². The molecule has 1 saturated heterocycles. The third-order valence-corrected chi connectivity index (χ3v) is 3.18. The average molecular weight is 204 g/mol. The van der Waals surface area contributed by atoms with E-state index in [1.165, 1.54) is 30.9 Å². The predicted octanol–water partition coefficient (Wildman–Crippen LogP) is 1.90. The molecular formula is C13H20N2. The van der Waals surface area contributed by atoms with Crippen LogP contribution >= 0.6 is 0 Å². The molecule has 1 aliphatic heterocycles. The molecule has 0 atom stereocenters. The molecule has 0 spiro atoms. The second-order valence-corrected chi connectivity index (χ2v) is 4.39. The Balaban J connectivity index is 2.05. The van der Waals surface area contributed by atoms with Gasteiger partial charge >= 0.3 is 0 Å². The largest absolute Gasteiger partial charge is 0.374 e. The van der Waals surface area contributed by atoms with E-state index in [0.717, 1.165) is 12.3 Å². The van der Waals surface area contributed by atoms with Crippen LogP contribution in [0.3, 0.4) is 0 Å². The molecular weight excluding hydrogens is 184 g/mol. The molecule has 0 unspecified atom stereocenters. The fraction of sp³-hybridized carbons (Fsp3) is 0.538. The topological polar surface area (TPSA) is 15.3 Å². The van der Waals surface area contributed by atoms with Gasteiger partial charge in [0.15, 0.2) is 0 Å². The zero-order chi connectivity index (χ0) is 10.7. The zero-order valence-electron chi connectivity index (χ0n) is 9.66. The standard InChI is InChI=1S/C13H20N2/c1-3-12-6-4-5-7-13(12)15(2)10-11-8-14-9-11/h4-7,11,14H,3,8-10H2,1-2H3. The summed E-state index contributed by atoms with van der Waals surface area (Å²) >= 11 is 0. The molecule has 2 rings (SSSR count). The lowest BCUT2D eigenvalue weighted by Gasteiger charge is -2.33. The molecule has 0 saturated carbocycles. The Labute approximate surface area is 92.3 Å².